The highest BCUT2D eigenvalue weighted by atomic mass is 19.1. The monoisotopic (exact) mass is 327 g/mol. The van der Waals surface area contributed by atoms with Gasteiger partial charge in [0.2, 0.25) is 5.91 Å². The Morgan fingerprint density at radius 2 is 1.71 bits per heavy atom. The summed E-state index contributed by atoms with van der Waals surface area (Å²) in [5.41, 5.74) is 3.15. The number of carbonyl (C=O) groups is 1. The van der Waals surface area contributed by atoms with Crippen molar-refractivity contribution in [1.82, 2.24) is 4.90 Å². The molecular weight excluding hydrogens is 309 g/mol. The maximum atomic E-state index is 13.0. The molecule has 5 heteroatoms. The van der Waals surface area contributed by atoms with Gasteiger partial charge < -0.3 is 14.4 Å². The Kier molecular flexibility index (Phi) is 3.84. The molecule has 0 saturated heterocycles. The van der Waals surface area contributed by atoms with Gasteiger partial charge in [-0.3, -0.25) is 4.79 Å². The molecule has 0 aromatic heterocycles. The number of hydrogen-bond donors (Lipinski definition) is 0. The molecule has 4 nitrogen and oxygen atoms in total. The van der Waals surface area contributed by atoms with Crippen LogP contribution in [-0.4, -0.2) is 30.6 Å². The molecule has 0 bridgehead atoms. The number of nitrogens with zero attached hydrogens (tertiary/aromatic N) is 1. The minimum Gasteiger partial charge on any atom is -0.486 e. The van der Waals surface area contributed by atoms with Gasteiger partial charge in [-0.05, 0) is 47.4 Å². The van der Waals surface area contributed by atoms with Gasteiger partial charge in [-0.1, -0.05) is 12.1 Å². The van der Waals surface area contributed by atoms with Crippen LogP contribution in [0.15, 0.2) is 36.4 Å². The second kappa shape index (κ2) is 6.15. The number of carbonyl (C=O) groups excluding carboxylic acids is 1. The van der Waals surface area contributed by atoms with E-state index in [4.69, 9.17) is 9.47 Å². The van der Waals surface area contributed by atoms with E-state index >= 15 is 0 Å². The predicted molar refractivity (Wildman–Crippen MR) is 86.7 cm³/mol. The number of rotatable bonds is 2. The summed E-state index contributed by atoms with van der Waals surface area (Å²) >= 11 is 0. The summed E-state index contributed by atoms with van der Waals surface area (Å²) in [6.45, 7) is 2.39. The normalized spacial score (nSPS) is 15.8. The van der Waals surface area contributed by atoms with Crippen molar-refractivity contribution >= 4 is 5.91 Å². The van der Waals surface area contributed by atoms with Crippen LogP contribution >= 0.6 is 0 Å². The van der Waals surface area contributed by atoms with Crippen molar-refractivity contribution in [2.24, 2.45) is 0 Å². The van der Waals surface area contributed by atoms with Gasteiger partial charge in [0.25, 0.3) is 0 Å². The molecule has 2 aliphatic heterocycles. The van der Waals surface area contributed by atoms with E-state index in [0.717, 1.165) is 29.0 Å². The average molecular weight is 327 g/mol. The minimum absolute atomic E-state index is 0.0575. The molecule has 4 rings (SSSR count). The molecular formula is C19H18FNO3. The van der Waals surface area contributed by atoms with Gasteiger partial charge in [0.1, 0.15) is 19.0 Å². The Morgan fingerprint density at radius 1 is 1.04 bits per heavy atom. The fraction of sp³-hybridized carbons (Fsp3) is 0.316. The molecule has 2 heterocycles. The molecule has 0 aliphatic carbocycles. The summed E-state index contributed by atoms with van der Waals surface area (Å²) in [5.74, 6) is 1.33. The third-order valence-electron chi connectivity index (χ3n) is 4.50. The Labute approximate surface area is 139 Å². The number of fused-ring (bicyclic) bond motifs is 2. The van der Waals surface area contributed by atoms with Gasteiger partial charge in [0.05, 0.1) is 6.42 Å². The van der Waals surface area contributed by atoms with Crippen molar-refractivity contribution in [2.45, 2.75) is 19.4 Å². The SMILES string of the molecule is O=C(Cc1ccc(F)cc1)N1CCc2cc3c(cc2C1)OCCO3. The standard InChI is InChI=1S/C19H18FNO3/c20-16-3-1-13(2-4-16)9-19(22)21-6-5-14-10-17-18(11-15(14)12-21)24-8-7-23-17/h1-4,10-11H,5-9,12H2. The lowest BCUT2D eigenvalue weighted by atomic mass is 9.98. The molecule has 2 aromatic rings. The van der Waals surface area contributed by atoms with E-state index in [-0.39, 0.29) is 11.7 Å². The van der Waals surface area contributed by atoms with Crippen LogP contribution in [0.25, 0.3) is 0 Å². The smallest absolute Gasteiger partial charge is 0.227 e. The maximum Gasteiger partial charge on any atom is 0.227 e. The first-order valence-electron chi connectivity index (χ1n) is 8.13. The van der Waals surface area contributed by atoms with Gasteiger partial charge in [-0.2, -0.15) is 0 Å². The summed E-state index contributed by atoms with van der Waals surface area (Å²) in [4.78, 5) is 14.4. The zero-order chi connectivity index (χ0) is 16.5. The highest BCUT2D eigenvalue weighted by molar-refractivity contribution is 5.79. The molecule has 0 fully saturated rings. The van der Waals surface area contributed by atoms with Crippen LogP contribution in [0.3, 0.4) is 0 Å². The second-order valence-corrected chi connectivity index (χ2v) is 6.13. The Hall–Kier alpha value is -2.56. The highest BCUT2D eigenvalue weighted by Gasteiger charge is 2.24. The summed E-state index contributed by atoms with van der Waals surface area (Å²) in [5, 5.41) is 0. The first-order valence-corrected chi connectivity index (χ1v) is 8.13. The maximum absolute atomic E-state index is 13.0. The van der Waals surface area contributed by atoms with Crippen molar-refractivity contribution in [3.05, 3.63) is 58.9 Å². The third-order valence-corrected chi connectivity index (χ3v) is 4.50. The van der Waals surface area contributed by atoms with Gasteiger partial charge in [-0.15, -0.1) is 0 Å². The van der Waals surface area contributed by atoms with Crippen LogP contribution in [0.1, 0.15) is 16.7 Å². The summed E-state index contributed by atoms with van der Waals surface area (Å²) in [7, 11) is 0. The number of benzene rings is 2. The number of amides is 1. The quantitative estimate of drug-likeness (QED) is 0.851. The van der Waals surface area contributed by atoms with E-state index in [1.165, 1.54) is 17.7 Å². The van der Waals surface area contributed by atoms with Gasteiger partial charge >= 0.3 is 0 Å². The van der Waals surface area contributed by atoms with Crippen LogP contribution in [0, 0.1) is 5.82 Å². The lowest BCUT2D eigenvalue weighted by Gasteiger charge is -2.30. The molecule has 24 heavy (non-hydrogen) atoms. The van der Waals surface area contributed by atoms with Gasteiger partial charge in [0, 0.05) is 13.1 Å². The lowest BCUT2D eigenvalue weighted by molar-refractivity contribution is -0.131. The zero-order valence-electron chi connectivity index (χ0n) is 13.3. The van der Waals surface area contributed by atoms with Crippen LogP contribution in [0.4, 0.5) is 4.39 Å². The van der Waals surface area contributed by atoms with E-state index in [9.17, 15) is 9.18 Å². The Balaban J connectivity index is 1.49. The molecule has 0 radical (unpaired) electrons. The van der Waals surface area contributed by atoms with Gasteiger partial charge in [0.15, 0.2) is 11.5 Å². The largest absolute Gasteiger partial charge is 0.486 e. The van der Waals surface area contributed by atoms with Crippen LogP contribution < -0.4 is 9.47 Å². The topological polar surface area (TPSA) is 38.8 Å². The van der Waals surface area contributed by atoms with Crippen molar-refractivity contribution in [1.29, 1.82) is 0 Å². The van der Waals surface area contributed by atoms with E-state index in [1.54, 1.807) is 12.1 Å². The molecule has 0 atom stereocenters. The van der Waals surface area contributed by atoms with Gasteiger partial charge in [-0.25, -0.2) is 4.39 Å². The van der Waals surface area contributed by atoms with E-state index in [1.807, 2.05) is 17.0 Å². The molecule has 0 spiro atoms. The number of hydrogen-bond acceptors (Lipinski definition) is 3. The molecule has 2 aromatic carbocycles. The van der Waals surface area contributed by atoms with Crippen LogP contribution in [-0.2, 0) is 24.2 Å². The van der Waals surface area contributed by atoms with Crippen LogP contribution in [0.2, 0.25) is 0 Å². The van der Waals surface area contributed by atoms with E-state index in [2.05, 4.69) is 0 Å². The van der Waals surface area contributed by atoms with Crippen LogP contribution in [0.5, 0.6) is 11.5 Å². The average Bonchev–Trinajstić information content (AvgIpc) is 2.61. The fourth-order valence-electron chi connectivity index (χ4n) is 3.19. The summed E-state index contributed by atoms with van der Waals surface area (Å²) < 4.78 is 24.2. The van der Waals surface area contributed by atoms with E-state index in [0.29, 0.717) is 32.7 Å². The Bertz CT molecular complexity index is 773. The summed E-state index contributed by atoms with van der Waals surface area (Å²) in [6, 6.07) is 10.1. The molecule has 124 valence electrons. The van der Waals surface area contributed by atoms with Crippen molar-refractivity contribution in [2.75, 3.05) is 19.8 Å². The molecule has 0 N–H and O–H groups in total. The van der Waals surface area contributed by atoms with Crippen molar-refractivity contribution < 1.29 is 18.7 Å². The molecule has 0 unspecified atom stereocenters. The second-order valence-electron chi connectivity index (χ2n) is 6.13. The first-order chi connectivity index (χ1) is 11.7. The molecule has 2 aliphatic rings. The third kappa shape index (κ3) is 2.94. The summed E-state index contributed by atoms with van der Waals surface area (Å²) in [6.07, 6.45) is 1.10. The predicted octanol–water partition coefficient (Wildman–Crippen LogP) is 2.72. The molecule has 1 amide bonds. The Morgan fingerprint density at radius 3 is 2.42 bits per heavy atom. The zero-order valence-corrected chi connectivity index (χ0v) is 13.3. The lowest BCUT2D eigenvalue weighted by Crippen LogP contribution is -2.37. The minimum atomic E-state index is -0.287. The fourth-order valence-corrected chi connectivity index (χ4v) is 3.19. The highest BCUT2D eigenvalue weighted by Crippen LogP contribution is 2.35. The van der Waals surface area contributed by atoms with Crippen molar-refractivity contribution in [3.63, 3.8) is 0 Å². The first kappa shape index (κ1) is 15.0. The number of ether oxygens (including phenoxy) is 2. The van der Waals surface area contributed by atoms with Crippen molar-refractivity contribution in [3.8, 4) is 11.5 Å². The number of halogens is 1. The van der Waals surface area contributed by atoms with E-state index < -0.39 is 0 Å². The molecule has 0 saturated carbocycles.